The van der Waals surface area contributed by atoms with Crippen LogP contribution in [-0.2, 0) is 5.33 Å². The van der Waals surface area contributed by atoms with E-state index in [4.69, 9.17) is 0 Å². The van der Waals surface area contributed by atoms with Crippen LogP contribution in [0.3, 0.4) is 0 Å². The zero-order valence-corrected chi connectivity index (χ0v) is 13.1. The van der Waals surface area contributed by atoms with E-state index in [9.17, 15) is 0 Å². The van der Waals surface area contributed by atoms with Gasteiger partial charge in [-0.25, -0.2) is 9.97 Å². The van der Waals surface area contributed by atoms with E-state index in [1.54, 1.807) is 0 Å². The molecule has 0 bridgehead atoms. The lowest BCUT2D eigenvalue weighted by molar-refractivity contribution is 0.222. The number of aromatic nitrogens is 2. The monoisotopic (exact) mass is 311 g/mol. The summed E-state index contributed by atoms with van der Waals surface area (Å²) in [4.78, 5) is 11.1. The van der Waals surface area contributed by atoms with Crippen LogP contribution < -0.4 is 4.90 Å². The SMILES string of the molecule is CN(c1ncc(CBr)cn1)C1CCC(C)(C)CC1. The molecule has 0 aromatic carbocycles. The van der Waals surface area contributed by atoms with Crippen LogP contribution in [0.4, 0.5) is 5.95 Å². The molecule has 0 amide bonds. The lowest BCUT2D eigenvalue weighted by atomic mass is 9.75. The van der Waals surface area contributed by atoms with Crippen LogP contribution in [0.15, 0.2) is 12.4 Å². The minimum atomic E-state index is 0.512. The molecule has 0 spiro atoms. The summed E-state index contributed by atoms with van der Waals surface area (Å²) in [6.45, 7) is 4.73. The van der Waals surface area contributed by atoms with E-state index in [1.807, 2.05) is 12.4 Å². The molecule has 1 fully saturated rings. The van der Waals surface area contributed by atoms with Gasteiger partial charge in [0.25, 0.3) is 0 Å². The summed E-state index contributed by atoms with van der Waals surface area (Å²) in [5.41, 5.74) is 1.63. The van der Waals surface area contributed by atoms with E-state index in [0.29, 0.717) is 11.5 Å². The van der Waals surface area contributed by atoms with Crippen molar-refractivity contribution in [2.45, 2.75) is 50.9 Å². The smallest absolute Gasteiger partial charge is 0.225 e. The molecule has 1 heterocycles. The largest absolute Gasteiger partial charge is 0.341 e. The van der Waals surface area contributed by atoms with Crippen LogP contribution in [0.1, 0.15) is 45.1 Å². The van der Waals surface area contributed by atoms with Gasteiger partial charge in [0.2, 0.25) is 5.95 Å². The molecular weight excluding hydrogens is 290 g/mol. The highest BCUT2D eigenvalue weighted by molar-refractivity contribution is 9.08. The highest BCUT2D eigenvalue weighted by atomic mass is 79.9. The van der Waals surface area contributed by atoms with Gasteiger partial charge in [0.1, 0.15) is 0 Å². The molecule has 1 aromatic heterocycles. The Hall–Kier alpha value is -0.640. The van der Waals surface area contributed by atoms with E-state index in [1.165, 1.54) is 25.7 Å². The second-order valence-corrected chi connectivity index (χ2v) is 6.59. The van der Waals surface area contributed by atoms with Crippen molar-refractivity contribution in [2.75, 3.05) is 11.9 Å². The first-order chi connectivity index (χ1) is 8.52. The molecular formula is C14H22BrN3. The van der Waals surface area contributed by atoms with Crippen LogP contribution in [-0.4, -0.2) is 23.1 Å². The predicted octanol–water partition coefficient (Wildman–Crippen LogP) is 3.78. The zero-order valence-electron chi connectivity index (χ0n) is 11.5. The minimum absolute atomic E-state index is 0.512. The fourth-order valence-corrected chi connectivity index (χ4v) is 2.82. The summed E-state index contributed by atoms with van der Waals surface area (Å²) >= 11 is 3.41. The first kappa shape index (κ1) is 13.8. The maximum Gasteiger partial charge on any atom is 0.225 e. The molecule has 2 rings (SSSR count). The van der Waals surface area contributed by atoms with Crippen molar-refractivity contribution in [1.82, 2.24) is 9.97 Å². The first-order valence-electron chi connectivity index (χ1n) is 6.61. The average molecular weight is 312 g/mol. The molecule has 0 N–H and O–H groups in total. The van der Waals surface area contributed by atoms with Crippen LogP contribution in [0.2, 0.25) is 0 Å². The summed E-state index contributed by atoms with van der Waals surface area (Å²) in [5, 5.41) is 0.814. The maximum absolute atomic E-state index is 4.45. The molecule has 0 aliphatic heterocycles. The number of nitrogens with zero attached hydrogens (tertiary/aromatic N) is 3. The summed E-state index contributed by atoms with van der Waals surface area (Å²) in [7, 11) is 2.12. The van der Waals surface area contributed by atoms with Crippen LogP contribution in [0.5, 0.6) is 0 Å². The lowest BCUT2D eigenvalue weighted by Gasteiger charge is -2.38. The molecule has 0 atom stereocenters. The van der Waals surface area contributed by atoms with E-state index in [0.717, 1.165) is 16.8 Å². The van der Waals surface area contributed by atoms with Gasteiger partial charge in [0.15, 0.2) is 0 Å². The normalized spacial score (nSPS) is 19.8. The molecule has 100 valence electrons. The van der Waals surface area contributed by atoms with Crippen molar-refractivity contribution in [3.63, 3.8) is 0 Å². The number of halogens is 1. The molecule has 1 aliphatic carbocycles. The van der Waals surface area contributed by atoms with Gasteiger partial charge in [-0.05, 0) is 36.7 Å². The van der Waals surface area contributed by atoms with E-state index >= 15 is 0 Å². The van der Waals surface area contributed by atoms with Gasteiger partial charge in [0, 0.05) is 30.8 Å². The number of anilines is 1. The fourth-order valence-electron chi connectivity index (χ4n) is 2.53. The van der Waals surface area contributed by atoms with Crippen LogP contribution in [0.25, 0.3) is 0 Å². The van der Waals surface area contributed by atoms with Crippen LogP contribution in [0, 0.1) is 5.41 Å². The number of alkyl halides is 1. The summed E-state index contributed by atoms with van der Waals surface area (Å²) in [5.74, 6) is 0.851. The first-order valence-corrected chi connectivity index (χ1v) is 7.74. The van der Waals surface area contributed by atoms with Gasteiger partial charge >= 0.3 is 0 Å². The van der Waals surface area contributed by atoms with Crippen molar-refractivity contribution in [3.05, 3.63) is 18.0 Å². The standard InChI is InChI=1S/C14H22BrN3/c1-14(2)6-4-12(5-7-14)18(3)13-16-9-11(8-15)10-17-13/h9-10,12H,4-8H2,1-3H3. The molecule has 1 aromatic rings. The third-order valence-electron chi connectivity index (χ3n) is 4.02. The lowest BCUT2D eigenvalue weighted by Crippen LogP contribution is -2.38. The van der Waals surface area contributed by atoms with Crippen molar-refractivity contribution in [3.8, 4) is 0 Å². The minimum Gasteiger partial charge on any atom is -0.341 e. The summed E-state index contributed by atoms with van der Waals surface area (Å²) in [6, 6.07) is 0.591. The number of rotatable bonds is 3. The van der Waals surface area contributed by atoms with Gasteiger partial charge in [0.05, 0.1) is 0 Å². The summed E-state index contributed by atoms with van der Waals surface area (Å²) in [6.07, 6.45) is 8.88. The third-order valence-corrected chi connectivity index (χ3v) is 4.67. The molecule has 4 heteroatoms. The average Bonchev–Trinajstić information content (AvgIpc) is 2.38. The zero-order chi connectivity index (χ0) is 13.2. The highest BCUT2D eigenvalue weighted by Gasteiger charge is 2.29. The van der Waals surface area contributed by atoms with E-state index in [-0.39, 0.29) is 0 Å². The Morgan fingerprint density at radius 1 is 1.28 bits per heavy atom. The number of hydrogen-bond acceptors (Lipinski definition) is 3. The highest BCUT2D eigenvalue weighted by Crippen LogP contribution is 2.37. The van der Waals surface area contributed by atoms with Crippen molar-refractivity contribution < 1.29 is 0 Å². The van der Waals surface area contributed by atoms with Crippen molar-refractivity contribution in [1.29, 1.82) is 0 Å². The van der Waals surface area contributed by atoms with Crippen molar-refractivity contribution >= 4 is 21.9 Å². The second-order valence-electron chi connectivity index (χ2n) is 6.03. The third kappa shape index (κ3) is 3.22. The fraction of sp³-hybridized carbons (Fsp3) is 0.714. The Bertz CT molecular complexity index is 379. The quantitative estimate of drug-likeness (QED) is 0.796. The topological polar surface area (TPSA) is 29.0 Å². The van der Waals surface area contributed by atoms with E-state index in [2.05, 4.69) is 51.7 Å². The van der Waals surface area contributed by atoms with Crippen LogP contribution >= 0.6 is 15.9 Å². The Kier molecular flexibility index (Phi) is 4.25. The van der Waals surface area contributed by atoms with Gasteiger partial charge in [-0.15, -0.1) is 0 Å². The molecule has 0 unspecified atom stereocenters. The Morgan fingerprint density at radius 3 is 2.33 bits per heavy atom. The van der Waals surface area contributed by atoms with E-state index < -0.39 is 0 Å². The van der Waals surface area contributed by atoms with Gasteiger partial charge in [-0.2, -0.15) is 0 Å². The Labute approximate surface area is 118 Å². The molecule has 3 nitrogen and oxygen atoms in total. The maximum atomic E-state index is 4.45. The van der Waals surface area contributed by atoms with Gasteiger partial charge < -0.3 is 4.90 Å². The molecule has 0 radical (unpaired) electrons. The molecule has 1 saturated carbocycles. The number of hydrogen-bond donors (Lipinski definition) is 0. The molecule has 1 aliphatic rings. The second kappa shape index (κ2) is 5.55. The Balaban J connectivity index is 2.00. The summed E-state index contributed by atoms with van der Waals surface area (Å²) < 4.78 is 0. The Morgan fingerprint density at radius 2 is 1.83 bits per heavy atom. The molecule has 0 saturated heterocycles. The molecule has 18 heavy (non-hydrogen) atoms. The van der Waals surface area contributed by atoms with Gasteiger partial charge in [-0.1, -0.05) is 29.8 Å². The van der Waals surface area contributed by atoms with Gasteiger partial charge in [-0.3, -0.25) is 0 Å². The van der Waals surface area contributed by atoms with Crippen molar-refractivity contribution in [2.24, 2.45) is 5.41 Å². The predicted molar refractivity (Wildman–Crippen MR) is 79.1 cm³/mol.